The van der Waals surface area contributed by atoms with Crippen molar-refractivity contribution in [2.75, 3.05) is 9.71 Å². The van der Waals surface area contributed by atoms with Crippen LogP contribution in [0, 0.1) is 0 Å². The van der Waals surface area contributed by atoms with Crippen molar-refractivity contribution >= 4 is 88.5 Å². The lowest BCUT2D eigenvalue weighted by Crippen LogP contribution is -2.61. The number of nitrogens with zero attached hydrogens (tertiary/aromatic N) is 2. The first-order valence-corrected chi connectivity index (χ1v) is 21.4. The van der Waals surface area contributed by atoms with Gasteiger partial charge in [0, 0.05) is 54.0 Å². The topological polar surface area (TPSA) is 6.48 Å². The fourth-order valence-electron chi connectivity index (χ4n) is 9.59. The van der Waals surface area contributed by atoms with Crippen LogP contribution in [0.25, 0.3) is 53.2 Å². The lowest BCUT2D eigenvalue weighted by Gasteiger charge is -2.46. The van der Waals surface area contributed by atoms with Crippen LogP contribution in [0.2, 0.25) is 0 Å². The lowest BCUT2D eigenvalue weighted by atomic mass is 9.43. The van der Waals surface area contributed by atoms with Crippen LogP contribution in [0.5, 0.6) is 0 Å². The van der Waals surface area contributed by atoms with Gasteiger partial charge in [-0.1, -0.05) is 151 Å². The quantitative estimate of drug-likeness (QED) is 0.165. The highest BCUT2D eigenvalue weighted by molar-refractivity contribution is 7.26. The Morgan fingerprint density at radius 3 is 1.91 bits per heavy atom. The minimum atomic E-state index is -0.0696. The number of rotatable bonds is 3. The Morgan fingerprint density at radius 1 is 0.466 bits per heavy atom. The van der Waals surface area contributed by atoms with Gasteiger partial charge in [0.15, 0.2) is 0 Å². The molecule has 280 valence electrons. The van der Waals surface area contributed by atoms with Gasteiger partial charge in [0.25, 0.3) is 0 Å². The molecule has 9 aromatic rings. The first-order valence-electron chi connectivity index (χ1n) is 20.5. The Labute approximate surface area is 346 Å². The van der Waals surface area contributed by atoms with Gasteiger partial charge in [-0.05, 0) is 109 Å². The summed E-state index contributed by atoms with van der Waals surface area (Å²) >= 11 is 1.91. The molecule has 0 saturated heterocycles. The monoisotopic (exact) mass is 764 g/mol. The number of thiophene rings is 1. The molecule has 0 saturated carbocycles. The maximum absolute atomic E-state index is 2.64. The molecule has 0 radical (unpaired) electrons. The summed E-state index contributed by atoms with van der Waals surface area (Å²) in [7, 11) is 0. The fourth-order valence-corrected chi connectivity index (χ4v) is 10.7. The molecule has 0 atom stereocenters. The molecule has 0 bridgehead atoms. The molecule has 2 aliphatic rings. The number of hydrogen-bond donors (Lipinski definition) is 0. The van der Waals surface area contributed by atoms with Crippen molar-refractivity contribution in [1.82, 2.24) is 0 Å². The average molecular weight is 765 g/mol. The molecule has 2 nitrogen and oxygen atoms in total. The molecule has 8 aromatic carbocycles. The summed E-state index contributed by atoms with van der Waals surface area (Å²) in [6.45, 7) is 13.8. The van der Waals surface area contributed by atoms with E-state index in [2.05, 4.69) is 215 Å². The summed E-state index contributed by atoms with van der Waals surface area (Å²) in [5, 5.41) is 5.15. The highest BCUT2D eigenvalue weighted by atomic mass is 32.1. The zero-order valence-electron chi connectivity index (χ0n) is 34.0. The minimum Gasteiger partial charge on any atom is -0.376 e. The molecule has 0 amide bonds. The molecule has 1 aromatic heterocycles. The van der Waals surface area contributed by atoms with Gasteiger partial charge in [0.2, 0.25) is 0 Å². The first kappa shape index (κ1) is 35.1. The van der Waals surface area contributed by atoms with Gasteiger partial charge in [0.05, 0.1) is 5.69 Å². The Bertz CT molecular complexity index is 3090. The standard InChI is InChI=1S/C54H45BN2S/c1-53(2,3)36-24-27-38(28-25-36)57-46-22-14-12-21-41(46)51-39-19-11-10-18-35(39)30-48-52(51)55(57)44-33-50-43(40-20-13-15-23-49(40)58-50)32-47(44)56(48)45-29-26-37(54(4,5)6)31-42(45)34-16-8-7-9-17-34/h7-33H,1-6H3. The molecule has 0 aliphatic carbocycles. The van der Waals surface area contributed by atoms with Crippen LogP contribution in [0.1, 0.15) is 52.7 Å². The van der Waals surface area contributed by atoms with Gasteiger partial charge in [-0.15, -0.1) is 11.3 Å². The van der Waals surface area contributed by atoms with Gasteiger partial charge in [-0.25, -0.2) is 0 Å². The molecule has 0 spiro atoms. The second-order valence-corrected chi connectivity index (χ2v) is 19.3. The molecular formula is C54H45BN2S. The van der Waals surface area contributed by atoms with E-state index in [1.807, 2.05) is 11.3 Å². The fraction of sp³-hybridized carbons (Fsp3) is 0.148. The van der Waals surface area contributed by atoms with E-state index in [1.165, 1.54) is 104 Å². The molecule has 4 heteroatoms. The second-order valence-electron chi connectivity index (χ2n) is 18.2. The predicted molar refractivity (Wildman–Crippen MR) is 253 cm³/mol. The molecule has 58 heavy (non-hydrogen) atoms. The molecule has 3 heterocycles. The van der Waals surface area contributed by atoms with E-state index in [1.54, 1.807) is 0 Å². The number of para-hydroxylation sites is 1. The van der Waals surface area contributed by atoms with Gasteiger partial charge in [-0.2, -0.15) is 0 Å². The average Bonchev–Trinajstić information content (AvgIpc) is 3.60. The summed E-state index contributed by atoms with van der Waals surface area (Å²) in [4.78, 5) is 5.26. The maximum atomic E-state index is 2.64. The minimum absolute atomic E-state index is 0.0103. The smallest absolute Gasteiger partial charge is 0.333 e. The van der Waals surface area contributed by atoms with Crippen molar-refractivity contribution in [1.29, 1.82) is 0 Å². The predicted octanol–water partition coefficient (Wildman–Crippen LogP) is 14.2. The zero-order valence-corrected chi connectivity index (χ0v) is 34.8. The molecule has 2 aliphatic heterocycles. The van der Waals surface area contributed by atoms with Crippen molar-refractivity contribution in [2.24, 2.45) is 0 Å². The van der Waals surface area contributed by atoms with Crippen LogP contribution in [0.15, 0.2) is 164 Å². The Kier molecular flexibility index (Phi) is 7.69. The van der Waals surface area contributed by atoms with Gasteiger partial charge in [-0.3, -0.25) is 0 Å². The van der Waals surface area contributed by atoms with Crippen LogP contribution in [0.4, 0.5) is 28.4 Å². The third-order valence-corrected chi connectivity index (χ3v) is 13.7. The zero-order chi connectivity index (χ0) is 39.5. The maximum Gasteiger partial charge on any atom is 0.333 e. The van der Waals surface area contributed by atoms with Gasteiger partial charge < -0.3 is 9.71 Å². The third-order valence-electron chi connectivity index (χ3n) is 12.5. The SMILES string of the molecule is CC(C)(C)c1ccc(N2B3c4cc5sc6ccccc6c5cc4N(c4ccc(C(C)(C)C)cc4-c4ccccc4)c4cc5ccccc5c(c43)-c3ccccc32)cc1. The number of benzene rings is 8. The van der Waals surface area contributed by atoms with E-state index in [0.29, 0.717) is 0 Å². The summed E-state index contributed by atoms with van der Waals surface area (Å²) < 4.78 is 2.64. The summed E-state index contributed by atoms with van der Waals surface area (Å²) in [6.07, 6.45) is 0. The van der Waals surface area contributed by atoms with Crippen LogP contribution >= 0.6 is 11.3 Å². The Balaban J connectivity index is 1.30. The van der Waals surface area contributed by atoms with Crippen molar-refractivity contribution in [2.45, 2.75) is 52.4 Å². The van der Waals surface area contributed by atoms with Crippen LogP contribution < -0.4 is 20.6 Å². The highest BCUT2D eigenvalue weighted by Gasteiger charge is 2.46. The van der Waals surface area contributed by atoms with Crippen molar-refractivity contribution in [3.05, 3.63) is 175 Å². The van der Waals surface area contributed by atoms with E-state index in [9.17, 15) is 0 Å². The van der Waals surface area contributed by atoms with Crippen molar-refractivity contribution < 1.29 is 0 Å². The normalized spacial score (nSPS) is 13.6. The van der Waals surface area contributed by atoms with Gasteiger partial charge >= 0.3 is 6.85 Å². The molecule has 11 rings (SSSR count). The largest absolute Gasteiger partial charge is 0.376 e. The van der Waals surface area contributed by atoms with E-state index in [4.69, 9.17) is 0 Å². The molecule has 0 N–H and O–H groups in total. The molecule has 0 fully saturated rings. The summed E-state index contributed by atoms with van der Waals surface area (Å²) in [5.41, 5.74) is 16.5. The van der Waals surface area contributed by atoms with Crippen LogP contribution in [-0.4, -0.2) is 6.85 Å². The van der Waals surface area contributed by atoms with Crippen LogP contribution in [0.3, 0.4) is 0 Å². The number of hydrogen-bond acceptors (Lipinski definition) is 3. The van der Waals surface area contributed by atoms with Crippen molar-refractivity contribution in [3.63, 3.8) is 0 Å². The lowest BCUT2D eigenvalue weighted by molar-refractivity contribution is 0.590. The first-order chi connectivity index (χ1) is 28.0. The molecule has 0 unspecified atom stereocenters. The van der Waals surface area contributed by atoms with E-state index in [-0.39, 0.29) is 17.7 Å². The summed E-state index contributed by atoms with van der Waals surface area (Å²) in [5.74, 6) is 0. The van der Waals surface area contributed by atoms with E-state index in [0.717, 1.165) is 0 Å². The van der Waals surface area contributed by atoms with Gasteiger partial charge in [0.1, 0.15) is 0 Å². The summed E-state index contributed by atoms with van der Waals surface area (Å²) in [6, 6.07) is 62.1. The Morgan fingerprint density at radius 2 is 1.14 bits per heavy atom. The second kappa shape index (κ2) is 12.7. The highest BCUT2D eigenvalue weighted by Crippen LogP contribution is 2.52. The van der Waals surface area contributed by atoms with Crippen LogP contribution in [-0.2, 0) is 10.8 Å². The van der Waals surface area contributed by atoms with E-state index < -0.39 is 0 Å². The number of anilines is 5. The third kappa shape index (κ3) is 5.31. The van der Waals surface area contributed by atoms with Crippen molar-refractivity contribution in [3.8, 4) is 22.3 Å². The molecular weight excluding hydrogens is 719 g/mol. The Hall–Kier alpha value is -6.10. The van der Waals surface area contributed by atoms with E-state index >= 15 is 0 Å². The number of fused-ring (bicyclic) bond motifs is 9.